The monoisotopic (exact) mass is 459 g/mol. The van der Waals surface area contributed by atoms with Gasteiger partial charge in [0, 0.05) is 0 Å². The number of furan rings is 1. The number of amides is 1. The van der Waals surface area contributed by atoms with E-state index < -0.39 is 15.9 Å². The van der Waals surface area contributed by atoms with Crippen molar-refractivity contribution in [2.45, 2.75) is 9.96 Å². The van der Waals surface area contributed by atoms with Gasteiger partial charge in [-0.15, -0.1) is 0 Å². The average molecular weight is 462 g/mol. The van der Waals surface area contributed by atoms with E-state index in [0.29, 0.717) is 15.7 Å². The molecule has 2 aromatic rings. The first-order valence-corrected chi connectivity index (χ1v) is 8.91. The van der Waals surface area contributed by atoms with Crippen molar-refractivity contribution in [3.8, 4) is 0 Å². The summed E-state index contributed by atoms with van der Waals surface area (Å²) in [4.78, 5) is 12.1. The number of hydrogen-bond acceptors (Lipinski definition) is 3. The third kappa shape index (κ3) is 5.81. The predicted octanol–water partition coefficient (Wildman–Crippen LogP) is 5.00. The van der Waals surface area contributed by atoms with Crippen molar-refractivity contribution in [2.24, 2.45) is 0 Å². The van der Waals surface area contributed by atoms with Crippen LogP contribution in [0, 0.1) is 0 Å². The number of halogens is 5. The van der Waals surface area contributed by atoms with E-state index in [-0.39, 0.29) is 10.9 Å². The zero-order valence-electron chi connectivity index (χ0n) is 12.2. The van der Waals surface area contributed by atoms with Gasteiger partial charge >= 0.3 is 0 Å². The maximum Gasteiger partial charge on any atom is 0.288 e. The number of benzene rings is 1. The summed E-state index contributed by atoms with van der Waals surface area (Å²) in [6, 6.07) is 7.95. The Kier molecular flexibility index (Phi) is 7.08. The van der Waals surface area contributed by atoms with Crippen molar-refractivity contribution < 1.29 is 9.21 Å². The Bertz CT molecular complexity index is 744. The van der Waals surface area contributed by atoms with Crippen molar-refractivity contribution in [2.75, 3.05) is 5.32 Å². The number of para-hydroxylation sites is 1. The van der Waals surface area contributed by atoms with Gasteiger partial charge in [-0.2, -0.15) is 0 Å². The van der Waals surface area contributed by atoms with E-state index in [1.807, 2.05) is 0 Å². The highest BCUT2D eigenvalue weighted by molar-refractivity contribution is 7.80. The molecule has 0 bridgehead atoms. The standard InChI is InChI=1S/C14H10Cl5N3O2S/c15-7-3-1-4-8(16)10(7)20-13(25)22-12(14(17,18)19)21-11(23)9-5-2-6-24-9/h1-6,12H,(H,21,23)(H2,20,22,25). The molecule has 1 unspecified atom stereocenters. The van der Waals surface area contributed by atoms with Gasteiger partial charge in [0.2, 0.25) is 3.79 Å². The Morgan fingerprint density at radius 2 is 1.72 bits per heavy atom. The summed E-state index contributed by atoms with van der Waals surface area (Å²) in [6.45, 7) is 0. The first-order valence-electron chi connectivity index (χ1n) is 6.61. The lowest BCUT2D eigenvalue weighted by atomic mass is 10.3. The van der Waals surface area contributed by atoms with Gasteiger partial charge in [0.25, 0.3) is 5.91 Å². The van der Waals surface area contributed by atoms with Crippen molar-refractivity contribution in [1.82, 2.24) is 10.6 Å². The highest BCUT2D eigenvalue weighted by Gasteiger charge is 2.35. The highest BCUT2D eigenvalue weighted by atomic mass is 35.6. The van der Waals surface area contributed by atoms with Gasteiger partial charge in [0.05, 0.1) is 22.0 Å². The molecule has 1 amide bonds. The number of thiocarbonyl (C=S) groups is 1. The molecule has 0 radical (unpaired) electrons. The fourth-order valence-electron chi connectivity index (χ4n) is 1.71. The lowest BCUT2D eigenvalue weighted by Gasteiger charge is -2.27. The molecular formula is C14H10Cl5N3O2S. The van der Waals surface area contributed by atoms with Crippen LogP contribution in [0.5, 0.6) is 0 Å². The molecule has 3 N–H and O–H groups in total. The molecule has 25 heavy (non-hydrogen) atoms. The maximum absolute atomic E-state index is 12.1. The summed E-state index contributed by atoms with van der Waals surface area (Å²) < 4.78 is 3.08. The summed E-state index contributed by atoms with van der Waals surface area (Å²) in [5.41, 5.74) is 0.378. The molecule has 5 nitrogen and oxygen atoms in total. The second-order valence-corrected chi connectivity index (χ2v) is 8.21. The molecule has 0 fully saturated rings. The maximum atomic E-state index is 12.1. The first kappa shape index (κ1) is 20.4. The Balaban J connectivity index is 2.09. The van der Waals surface area contributed by atoms with E-state index in [9.17, 15) is 4.79 Å². The Morgan fingerprint density at radius 3 is 2.24 bits per heavy atom. The minimum atomic E-state index is -1.90. The average Bonchev–Trinajstić information content (AvgIpc) is 3.04. The molecule has 0 saturated carbocycles. The van der Waals surface area contributed by atoms with Crippen LogP contribution in [-0.4, -0.2) is 21.0 Å². The number of carbonyl (C=O) groups excluding carboxylic acids is 1. The number of anilines is 1. The molecule has 134 valence electrons. The zero-order valence-corrected chi connectivity index (χ0v) is 16.8. The van der Waals surface area contributed by atoms with Crippen LogP contribution in [0.1, 0.15) is 10.6 Å². The number of hydrogen-bond donors (Lipinski definition) is 3. The quantitative estimate of drug-likeness (QED) is 0.340. The van der Waals surface area contributed by atoms with Crippen LogP contribution in [0.25, 0.3) is 0 Å². The minimum Gasteiger partial charge on any atom is -0.459 e. The Labute approximate surface area is 173 Å². The van der Waals surface area contributed by atoms with Crippen molar-refractivity contribution in [3.05, 3.63) is 52.4 Å². The highest BCUT2D eigenvalue weighted by Crippen LogP contribution is 2.31. The summed E-state index contributed by atoms with van der Waals surface area (Å²) in [6.07, 6.45) is 0.189. The summed E-state index contributed by atoms with van der Waals surface area (Å²) in [5, 5.41) is 8.68. The normalized spacial score (nSPS) is 12.4. The Hall–Kier alpha value is -0.890. The Morgan fingerprint density at radius 1 is 1.08 bits per heavy atom. The van der Waals surface area contributed by atoms with Gasteiger partial charge in [0.15, 0.2) is 10.9 Å². The van der Waals surface area contributed by atoms with Gasteiger partial charge < -0.3 is 20.4 Å². The number of carbonyl (C=O) groups is 1. The second-order valence-electron chi connectivity index (χ2n) is 4.62. The van der Waals surface area contributed by atoms with Gasteiger partial charge in [-0.1, -0.05) is 64.1 Å². The second kappa shape index (κ2) is 8.66. The summed E-state index contributed by atoms with van der Waals surface area (Å²) in [7, 11) is 0. The van der Waals surface area contributed by atoms with Crippen LogP contribution in [0.15, 0.2) is 41.0 Å². The fraction of sp³-hybridized carbons (Fsp3) is 0.143. The molecule has 0 aliphatic rings. The topological polar surface area (TPSA) is 66.3 Å². The molecule has 1 aromatic carbocycles. The molecule has 0 aliphatic heterocycles. The lowest BCUT2D eigenvalue weighted by Crippen LogP contribution is -2.56. The molecule has 0 saturated heterocycles. The summed E-state index contributed by atoms with van der Waals surface area (Å²) >= 11 is 35.0. The van der Waals surface area contributed by atoms with Crippen LogP contribution in [0.2, 0.25) is 10.0 Å². The molecule has 2 rings (SSSR count). The fourth-order valence-corrected chi connectivity index (χ4v) is 2.75. The van der Waals surface area contributed by atoms with Crippen LogP contribution >= 0.6 is 70.2 Å². The van der Waals surface area contributed by atoms with E-state index in [2.05, 4.69) is 16.0 Å². The number of rotatable bonds is 4. The van der Waals surface area contributed by atoms with Crippen molar-refractivity contribution in [1.29, 1.82) is 0 Å². The van der Waals surface area contributed by atoms with E-state index in [1.165, 1.54) is 12.3 Å². The van der Waals surface area contributed by atoms with Crippen LogP contribution in [0.4, 0.5) is 5.69 Å². The smallest absolute Gasteiger partial charge is 0.288 e. The summed E-state index contributed by atoms with van der Waals surface area (Å²) in [5.74, 6) is -0.540. The van der Waals surface area contributed by atoms with Gasteiger partial charge in [-0.05, 0) is 36.5 Å². The van der Waals surface area contributed by atoms with E-state index in [4.69, 9.17) is 74.6 Å². The third-order valence-electron chi connectivity index (χ3n) is 2.82. The van der Waals surface area contributed by atoms with Gasteiger partial charge in [-0.3, -0.25) is 4.79 Å². The number of alkyl halides is 3. The molecule has 0 spiro atoms. The van der Waals surface area contributed by atoms with E-state index in [0.717, 1.165) is 0 Å². The molecule has 1 aromatic heterocycles. The predicted molar refractivity (Wildman–Crippen MR) is 106 cm³/mol. The molecule has 11 heteroatoms. The molecule has 1 heterocycles. The van der Waals surface area contributed by atoms with Crippen LogP contribution in [0.3, 0.4) is 0 Å². The van der Waals surface area contributed by atoms with Gasteiger partial charge in [0.1, 0.15) is 6.17 Å². The van der Waals surface area contributed by atoms with E-state index >= 15 is 0 Å². The molecular weight excluding hydrogens is 452 g/mol. The largest absolute Gasteiger partial charge is 0.459 e. The van der Waals surface area contributed by atoms with E-state index in [1.54, 1.807) is 24.3 Å². The van der Waals surface area contributed by atoms with Gasteiger partial charge in [-0.25, -0.2) is 0 Å². The van der Waals surface area contributed by atoms with Crippen molar-refractivity contribution >= 4 is 86.9 Å². The third-order valence-corrected chi connectivity index (χ3v) is 4.33. The zero-order chi connectivity index (χ0) is 18.6. The minimum absolute atomic E-state index is 0.0334. The lowest BCUT2D eigenvalue weighted by molar-refractivity contribution is 0.0906. The SMILES string of the molecule is O=C(NC(NC(=S)Nc1c(Cl)cccc1Cl)C(Cl)(Cl)Cl)c1ccco1. The van der Waals surface area contributed by atoms with Crippen molar-refractivity contribution in [3.63, 3.8) is 0 Å². The number of nitrogens with one attached hydrogen (secondary N) is 3. The molecule has 1 atom stereocenters. The van der Waals surface area contributed by atoms with Crippen LogP contribution in [-0.2, 0) is 0 Å². The van der Waals surface area contributed by atoms with Crippen LogP contribution < -0.4 is 16.0 Å². The first-order chi connectivity index (χ1) is 11.7. The molecule has 0 aliphatic carbocycles.